The van der Waals surface area contributed by atoms with Gasteiger partial charge in [0.1, 0.15) is 0 Å². The number of halogens is 3. The maximum atomic E-state index is 12.0. The fraction of sp³-hybridized carbons (Fsp3) is 0.667. The first kappa shape index (κ1) is 10.5. The van der Waals surface area contributed by atoms with Crippen LogP contribution in [0.5, 0.6) is 0 Å². The van der Waals surface area contributed by atoms with Crippen molar-refractivity contribution in [3.05, 3.63) is 18.0 Å². The molecule has 3 nitrogen and oxygen atoms in total. The van der Waals surface area contributed by atoms with E-state index in [1.807, 2.05) is 0 Å². The van der Waals surface area contributed by atoms with E-state index in [1.54, 1.807) is 4.68 Å². The molecule has 1 aliphatic heterocycles. The quantitative estimate of drug-likeness (QED) is 0.828. The summed E-state index contributed by atoms with van der Waals surface area (Å²) in [5.41, 5.74) is 0.231. The highest BCUT2D eigenvalue weighted by Gasteiger charge is 2.28. The number of rotatable bonds is 3. The predicted molar refractivity (Wildman–Crippen MR) is 48.3 cm³/mol. The Morgan fingerprint density at radius 1 is 1.47 bits per heavy atom. The number of nitrogens with zero attached hydrogens (tertiary/aromatic N) is 2. The standard InChI is InChI=1S/C9H12F3N3/c10-9(11,12)1-7-4-14-15(5-7)6-8-2-13-3-8/h4-5,8,13H,1-3,6H2. The van der Waals surface area contributed by atoms with Crippen molar-refractivity contribution in [3.63, 3.8) is 0 Å². The van der Waals surface area contributed by atoms with Gasteiger partial charge in [0.25, 0.3) is 0 Å². The molecule has 0 aliphatic carbocycles. The van der Waals surface area contributed by atoms with Gasteiger partial charge in [-0.1, -0.05) is 0 Å². The van der Waals surface area contributed by atoms with Crippen molar-refractivity contribution in [1.82, 2.24) is 15.1 Å². The molecule has 84 valence electrons. The number of hydrogen-bond donors (Lipinski definition) is 1. The van der Waals surface area contributed by atoms with Crippen molar-refractivity contribution in [2.75, 3.05) is 13.1 Å². The van der Waals surface area contributed by atoms with Crippen LogP contribution in [0.4, 0.5) is 13.2 Å². The van der Waals surface area contributed by atoms with Crippen molar-refractivity contribution < 1.29 is 13.2 Å². The van der Waals surface area contributed by atoms with Gasteiger partial charge < -0.3 is 5.32 Å². The molecule has 1 fully saturated rings. The van der Waals surface area contributed by atoms with Crippen LogP contribution >= 0.6 is 0 Å². The van der Waals surface area contributed by atoms with E-state index in [0.717, 1.165) is 13.1 Å². The summed E-state index contributed by atoms with van der Waals surface area (Å²) in [4.78, 5) is 0. The average molecular weight is 219 g/mol. The molecule has 0 unspecified atom stereocenters. The zero-order valence-corrected chi connectivity index (χ0v) is 8.09. The third-order valence-electron chi connectivity index (χ3n) is 2.40. The first-order valence-corrected chi connectivity index (χ1v) is 4.82. The molecule has 1 aromatic rings. The molecule has 15 heavy (non-hydrogen) atoms. The Labute approximate surface area is 85.3 Å². The van der Waals surface area contributed by atoms with Crippen LogP contribution in [0.3, 0.4) is 0 Å². The van der Waals surface area contributed by atoms with E-state index in [0.29, 0.717) is 12.5 Å². The first-order valence-electron chi connectivity index (χ1n) is 4.82. The summed E-state index contributed by atoms with van der Waals surface area (Å²) >= 11 is 0. The fourth-order valence-electron chi connectivity index (χ4n) is 1.57. The molecule has 1 saturated heterocycles. The number of aromatic nitrogens is 2. The third-order valence-corrected chi connectivity index (χ3v) is 2.40. The highest BCUT2D eigenvalue weighted by molar-refractivity contribution is 5.05. The van der Waals surface area contributed by atoms with Crippen molar-refractivity contribution in [2.45, 2.75) is 19.1 Å². The second-order valence-corrected chi connectivity index (χ2v) is 3.89. The molecule has 1 aliphatic rings. The van der Waals surface area contributed by atoms with Crippen molar-refractivity contribution in [1.29, 1.82) is 0 Å². The molecule has 2 rings (SSSR count). The minimum Gasteiger partial charge on any atom is -0.316 e. The summed E-state index contributed by atoms with van der Waals surface area (Å²) < 4.78 is 37.7. The van der Waals surface area contributed by atoms with Crippen LogP contribution in [-0.2, 0) is 13.0 Å². The van der Waals surface area contributed by atoms with Gasteiger partial charge in [-0.05, 0) is 5.56 Å². The molecule has 1 N–H and O–H groups in total. The van der Waals surface area contributed by atoms with E-state index in [2.05, 4.69) is 10.4 Å². The summed E-state index contributed by atoms with van der Waals surface area (Å²) in [7, 11) is 0. The van der Waals surface area contributed by atoms with Gasteiger partial charge in [-0.15, -0.1) is 0 Å². The summed E-state index contributed by atoms with van der Waals surface area (Å²) in [6.45, 7) is 2.55. The predicted octanol–water partition coefficient (Wildman–Crippen LogP) is 1.21. The first-order chi connectivity index (χ1) is 7.03. The lowest BCUT2D eigenvalue weighted by Gasteiger charge is -2.26. The smallest absolute Gasteiger partial charge is 0.316 e. The summed E-state index contributed by atoms with van der Waals surface area (Å²) in [6, 6.07) is 0. The molecule has 0 atom stereocenters. The van der Waals surface area contributed by atoms with Crippen molar-refractivity contribution in [2.24, 2.45) is 5.92 Å². The van der Waals surface area contributed by atoms with Crippen LogP contribution in [0.1, 0.15) is 5.56 Å². The van der Waals surface area contributed by atoms with E-state index in [4.69, 9.17) is 0 Å². The molecule has 0 aromatic carbocycles. The van der Waals surface area contributed by atoms with Crippen LogP contribution in [0.25, 0.3) is 0 Å². The lowest BCUT2D eigenvalue weighted by Crippen LogP contribution is -2.44. The normalized spacial score (nSPS) is 17.8. The highest BCUT2D eigenvalue weighted by Crippen LogP contribution is 2.20. The molecule has 0 spiro atoms. The Morgan fingerprint density at radius 3 is 2.73 bits per heavy atom. The zero-order valence-electron chi connectivity index (χ0n) is 8.09. The number of nitrogens with one attached hydrogen (secondary N) is 1. The SMILES string of the molecule is FC(F)(F)Cc1cnn(CC2CNC2)c1. The van der Waals surface area contributed by atoms with Gasteiger partial charge in [0.15, 0.2) is 0 Å². The minimum absolute atomic E-state index is 0.231. The molecular weight excluding hydrogens is 207 g/mol. The molecule has 0 amide bonds. The topological polar surface area (TPSA) is 29.9 Å². The Bertz CT molecular complexity index is 328. The Kier molecular flexibility index (Phi) is 2.68. The van der Waals surface area contributed by atoms with E-state index in [1.165, 1.54) is 12.4 Å². The van der Waals surface area contributed by atoms with Gasteiger partial charge >= 0.3 is 6.18 Å². The molecule has 2 heterocycles. The van der Waals surface area contributed by atoms with Crippen LogP contribution < -0.4 is 5.32 Å². The lowest BCUT2D eigenvalue weighted by atomic mass is 10.0. The largest absolute Gasteiger partial charge is 0.393 e. The molecular formula is C9H12F3N3. The zero-order chi connectivity index (χ0) is 10.9. The van der Waals surface area contributed by atoms with Gasteiger partial charge in [0, 0.05) is 31.7 Å². The van der Waals surface area contributed by atoms with Crippen LogP contribution in [0.2, 0.25) is 0 Å². The summed E-state index contributed by atoms with van der Waals surface area (Å²) in [6.07, 6.45) is -2.27. The van der Waals surface area contributed by atoms with Gasteiger partial charge in [0.05, 0.1) is 12.6 Å². The van der Waals surface area contributed by atoms with E-state index in [-0.39, 0.29) is 5.56 Å². The Balaban J connectivity index is 1.91. The third kappa shape index (κ3) is 2.95. The van der Waals surface area contributed by atoms with Crippen LogP contribution in [0.15, 0.2) is 12.4 Å². The van der Waals surface area contributed by atoms with E-state index >= 15 is 0 Å². The van der Waals surface area contributed by atoms with Gasteiger partial charge in [-0.25, -0.2) is 0 Å². The van der Waals surface area contributed by atoms with Gasteiger partial charge in [-0.2, -0.15) is 18.3 Å². The maximum absolute atomic E-state index is 12.0. The average Bonchev–Trinajstić information content (AvgIpc) is 2.42. The fourth-order valence-corrected chi connectivity index (χ4v) is 1.57. The second-order valence-electron chi connectivity index (χ2n) is 3.89. The highest BCUT2D eigenvalue weighted by atomic mass is 19.4. The molecule has 0 saturated carbocycles. The number of hydrogen-bond acceptors (Lipinski definition) is 2. The van der Waals surface area contributed by atoms with E-state index < -0.39 is 12.6 Å². The minimum atomic E-state index is -4.15. The summed E-state index contributed by atoms with van der Waals surface area (Å²) in [5.74, 6) is 0.503. The van der Waals surface area contributed by atoms with Crippen LogP contribution in [0, 0.1) is 5.92 Å². The van der Waals surface area contributed by atoms with Gasteiger partial charge in [0.2, 0.25) is 0 Å². The molecule has 1 aromatic heterocycles. The Hall–Kier alpha value is -1.04. The molecule has 0 radical (unpaired) electrons. The monoisotopic (exact) mass is 219 g/mol. The second kappa shape index (κ2) is 3.84. The summed E-state index contributed by atoms with van der Waals surface area (Å²) in [5, 5.41) is 7.02. The lowest BCUT2D eigenvalue weighted by molar-refractivity contribution is -0.127. The van der Waals surface area contributed by atoms with E-state index in [9.17, 15) is 13.2 Å². The van der Waals surface area contributed by atoms with Crippen molar-refractivity contribution >= 4 is 0 Å². The van der Waals surface area contributed by atoms with Crippen molar-refractivity contribution in [3.8, 4) is 0 Å². The Morgan fingerprint density at radius 2 is 2.20 bits per heavy atom. The number of alkyl halides is 3. The van der Waals surface area contributed by atoms with Gasteiger partial charge in [-0.3, -0.25) is 4.68 Å². The molecule has 6 heteroatoms. The molecule has 0 bridgehead atoms. The maximum Gasteiger partial charge on any atom is 0.393 e. The van der Waals surface area contributed by atoms with Crippen LogP contribution in [-0.4, -0.2) is 29.0 Å².